The van der Waals surface area contributed by atoms with Crippen LogP contribution in [0.25, 0.3) is 10.1 Å². The number of thiophene rings is 1. The molecular weight excluding hydrogens is 293 g/mol. The van der Waals surface area contributed by atoms with Crippen molar-refractivity contribution < 1.29 is 19.1 Å². The van der Waals surface area contributed by atoms with Crippen molar-refractivity contribution in [3.05, 3.63) is 34.5 Å². The summed E-state index contributed by atoms with van der Waals surface area (Å²) in [6.45, 7) is 2.15. The van der Waals surface area contributed by atoms with Crippen molar-refractivity contribution in [1.29, 1.82) is 0 Å². The number of halogens is 1. The molecule has 1 amide bonds. The Morgan fingerprint density at radius 2 is 2.19 bits per heavy atom. The van der Waals surface area contributed by atoms with Gasteiger partial charge in [-0.25, -0.2) is 9.18 Å². The molecule has 6 heteroatoms. The van der Waals surface area contributed by atoms with Gasteiger partial charge in [0.15, 0.2) is 0 Å². The van der Waals surface area contributed by atoms with Crippen molar-refractivity contribution in [2.24, 2.45) is 0 Å². The van der Waals surface area contributed by atoms with Crippen LogP contribution in [0.15, 0.2) is 18.2 Å². The minimum Gasteiger partial charge on any atom is -0.480 e. The van der Waals surface area contributed by atoms with Crippen LogP contribution in [-0.2, 0) is 4.79 Å². The minimum absolute atomic E-state index is 0.307. The second-order valence-electron chi connectivity index (χ2n) is 5.16. The Morgan fingerprint density at radius 1 is 1.43 bits per heavy atom. The highest BCUT2D eigenvalue weighted by atomic mass is 32.1. The number of aliphatic carboxylic acids is 1. The number of fused-ring (bicyclic) bond motifs is 1. The van der Waals surface area contributed by atoms with Crippen LogP contribution >= 0.6 is 11.3 Å². The number of carbonyl (C=O) groups is 2. The summed E-state index contributed by atoms with van der Waals surface area (Å²) >= 11 is 1.22. The SMILES string of the molecule is Cc1c(C(=O)N2CCC[C@H]2C(=O)O)sc2cccc(F)c12. The summed E-state index contributed by atoms with van der Waals surface area (Å²) in [4.78, 5) is 25.6. The second-order valence-corrected chi connectivity index (χ2v) is 6.22. The highest BCUT2D eigenvalue weighted by molar-refractivity contribution is 7.21. The first-order valence-electron chi connectivity index (χ1n) is 6.72. The number of benzene rings is 1. The Labute approximate surface area is 124 Å². The zero-order valence-corrected chi connectivity index (χ0v) is 12.2. The Balaban J connectivity index is 2.04. The number of amides is 1. The third-order valence-electron chi connectivity index (χ3n) is 3.90. The standard InChI is InChI=1S/C15H14FNO3S/c1-8-12-9(16)4-2-6-11(12)21-13(8)14(18)17-7-3-5-10(17)15(19)20/h2,4,6,10H,3,5,7H2,1H3,(H,19,20)/t10-/m0/s1. The van der Waals surface area contributed by atoms with E-state index in [2.05, 4.69) is 0 Å². The van der Waals surface area contributed by atoms with Crippen LogP contribution in [0.2, 0.25) is 0 Å². The van der Waals surface area contributed by atoms with Gasteiger partial charge in [0, 0.05) is 16.6 Å². The van der Waals surface area contributed by atoms with Crippen LogP contribution in [0.3, 0.4) is 0 Å². The van der Waals surface area contributed by atoms with E-state index in [0.717, 1.165) is 0 Å². The molecule has 1 fully saturated rings. The molecule has 3 rings (SSSR count). The van der Waals surface area contributed by atoms with E-state index in [1.54, 1.807) is 19.1 Å². The van der Waals surface area contributed by atoms with Crippen LogP contribution in [0.1, 0.15) is 28.1 Å². The molecule has 0 spiro atoms. The van der Waals surface area contributed by atoms with E-state index in [4.69, 9.17) is 0 Å². The molecule has 1 aliphatic heterocycles. The lowest BCUT2D eigenvalue weighted by Crippen LogP contribution is -2.40. The number of hydrogen-bond donors (Lipinski definition) is 1. The fourth-order valence-corrected chi connectivity index (χ4v) is 4.03. The van der Waals surface area contributed by atoms with Crippen LogP contribution in [0.4, 0.5) is 4.39 Å². The van der Waals surface area contributed by atoms with E-state index in [0.29, 0.717) is 39.9 Å². The molecule has 2 aromatic rings. The van der Waals surface area contributed by atoms with Gasteiger partial charge in [0.05, 0.1) is 4.88 Å². The fourth-order valence-electron chi connectivity index (χ4n) is 2.85. The van der Waals surface area contributed by atoms with Gasteiger partial charge < -0.3 is 10.0 Å². The predicted molar refractivity (Wildman–Crippen MR) is 78.2 cm³/mol. The predicted octanol–water partition coefficient (Wildman–Crippen LogP) is 3.04. The second kappa shape index (κ2) is 5.11. The summed E-state index contributed by atoms with van der Waals surface area (Å²) in [6.07, 6.45) is 1.15. The Hall–Kier alpha value is -1.95. The molecule has 0 unspecified atom stereocenters. The molecule has 1 N–H and O–H groups in total. The lowest BCUT2D eigenvalue weighted by Gasteiger charge is -2.21. The van der Waals surface area contributed by atoms with Crippen molar-refractivity contribution >= 4 is 33.3 Å². The van der Waals surface area contributed by atoms with Crippen LogP contribution in [0.5, 0.6) is 0 Å². The highest BCUT2D eigenvalue weighted by Crippen LogP contribution is 2.34. The first-order chi connectivity index (χ1) is 10.0. The molecule has 21 heavy (non-hydrogen) atoms. The molecule has 1 atom stereocenters. The van der Waals surface area contributed by atoms with Crippen LogP contribution < -0.4 is 0 Å². The summed E-state index contributed by atoms with van der Waals surface area (Å²) in [5, 5.41) is 9.64. The topological polar surface area (TPSA) is 57.6 Å². The fraction of sp³-hybridized carbons (Fsp3) is 0.333. The third-order valence-corrected chi connectivity index (χ3v) is 5.14. The van der Waals surface area contributed by atoms with Gasteiger partial charge in [0.25, 0.3) is 5.91 Å². The number of rotatable bonds is 2. The molecule has 4 nitrogen and oxygen atoms in total. The summed E-state index contributed by atoms with van der Waals surface area (Å²) < 4.78 is 14.6. The van der Waals surface area contributed by atoms with Gasteiger partial charge in [0.2, 0.25) is 0 Å². The quantitative estimate of drug-likeness (QED) is 0.927. The summed E-state index contributed by atoms with van der Waals surface area (Å²) in [7, 11) is 0. The minimum atomic E-state index is -0.981. The number of hydrogen-bond acceptors (Lipinski definition) is 3. The van der Waals surface area contributed by atoms with Gasteiger partial charge in [-0.15, -0.1) is 11.3 Å². The molecule has 2 heterocycles. The van der Waals surface area contributed by atoms with E-state index in [1.807, 2.05) is 0 Å². The van der Waals surface area contributed by atoms with Crippen LogP contribution in [-0.4, -0.2) is 34.5 Å². The molecule has 0 aliphatic carbocycles. The maximum absolute atomic E-state index is 13.9. The molecule has 0 bridgehead atoms. The van der Waals surface area contributed by atoms with Gasteiger partial charge in [-0.3, -0.25) is 4.79 Å². The van der Waals surface area contributed by atoms with Gasteiger partial charge in [-0.05, 0) is 37.5 Å². The average molecular weight is 307 g/mol. The number of likely N-dealkylation sites (tertiary alicyclic amines) is 1. The lowest BCUT2D eigenvalue weighted by atomic mass is 10.1. The summed E-state index contributed by atoms with van der Waals surface area (Å²) in [5.41, 5.74) is 0.592. The van der Waals surface area contributed by atoms with Crippen LogP contribution in [0, 0.1) is 12.7 Å². The molecule has 110 valence electrons. The van der Waals surface area contributed by atoms with Gasteiger partial charge >= 0.3 is 5.97 Å². The van der Waals surface area contributed by atoms with E-state index in [9.17, 15) is 19.1 Å². The maximum atomic E-state index is 13.9. The zero-order valence-electron chi connectivity index (χ0n) is 11.4. The molecule has 0 saturated carbocycles. The van der Waals surface area contributed by atoms with Gasteiger partial charge in [0.1, 0.15) is 11.9 Å². The highest BCUT2D eigenvalue weighted by Gasteiger charge is 2.35. The Morgan fingerprint density at radius 3 is 2.86 bits per heavy atom. The molecule has 1 aromatic heterocycles. The molecular formula is C15H14FNO3S. The first kappa shape index (κ1) is 14.0. The van der Waals surface area contributed by atoms with Crippen molar-refractivity contribution in [2.45, 2.75) is 25.8 Å². The Kier molecular flexibility index (Phi) is 3.41. The monoisotopic (exact) mass is 307 g/mol. The summed E-state index contributed by atoms with van der Waals surface area (Å²) in [6, 6.07) is 3.97. The molecule has 1 aromatic carbocycles. The lowest BCUT2D eigenvalue weighted by molar-refractivity contribution is -0.141. The normalized spacial score (nSPS) is 18.4. The van der Waals surface area contributed by atoms with Crippen molar-refractivity contribution in [3.8, 4) is 0 Å². The zero-order chi connectivity index (χ0) is 15.1. The largest absolute Gasteiger partial charge is 0.480 e. The third kappa shape index (κ3) is 2.19. The molecule has 1 saturated heterocycles. The van der Waals surface area contributed by atoms with Gasteiger partial charge in [-0.2, -0.15) is 0 Å². The number of carboxylic acid groups (broad SMARTS) is 1. The average Bonchev–Trinajstić information content (AvgIpc) is 3.04. The smallest absolute Gasteiger partial charge is 0.326 e. The van der Waals surface area contributed by atoms with E-state index >= 15 is 0 Å². The number of aryl methyl sites for hydroxylation is 1. The van der Waals surface area contributed by atoms with Crippen molar-refractivity contribution in [1.82, 2.24) is 4.90 Å². The van der Waals surface area contributed by atoms with E-state index in [-0.39, 0.29) is 11.7 Å². The number of carboxylic acids is 1. The van der Waals surface area contributed by atoms with E-state index < -0.39 is 12.0 Å². The molecule has 0 radical (unpaired) electrons. The first-order valence-corrected chi connectivity index (χ1v) is 7.53. The summed E-state index contributed by atoms with van der Waals surface area (Å²) in [5.74, 6) is -1.64. The van der Waals surface area contributed by atoms with Crippen molar-refractivity contribution in [2.75, 3.05) is 6.54 Å². The number of carbonyl (C=O) groups excluding carboxylic acids is 1. The van der Waals surface area contributed by atoms with Crippen molar-refractivity contribution in [3.63, 3.8) is 0 Å². The van der Waals surface area contributed by atoms with E-state index in [1.165, 1.54) is 22.3 Å². The molecule has 1 aliphatic rings. The Bertz CT molecular complexity index is 740. The van der Waals surface area contributed by atoms with Gasteiger partial charge in [-0.1, -0.05) is 6.07 Å². The number of nitrogens with zero attached hydrogens (tertiary/aromatic N) is 1. The maximum Gasteiger partial charge on any atom is 0.326 e.